The molecule has 0 saturated carbocycles. The molecule has 1 aromatic rings. The highest BCUT2D eigenvalue weighted by molar-refractivity contribution is 9.11. The van der Waals surface area contributed by atoms with Crippen LogP contribution in [-0.2, 0) is 0 Å². The maximum Gasteiger partial charge on any atom is 0.0742 e. The fourth-order valence-electron chi connectivity index (χ4n) is 1.29. The predicted molar refractivity (Wildman–Crippen MR) is 51.4 cm³/mol. The summed E-state index contributed by atoms with van der Waals surface area (Å²) in [6.07, 6.45) is 5.36. The van der Waals surface area contributed by atoms with Crippen LogP contribution >= 0.6 is 15.9 Å². The van der Waals surface area contributed by atoms with E-state index in [4.69, 9.17) is 0 Å². The first-order chi connectivity index (χ1) is 5.38. The molecule has 0 saturated heterocycles. The summed E-state index contributed by atoms with van der Waals surface area (Å²) in [6, 6.07) is 8.41. The van der Waals surface area contributed by atoms with Crippen LogP contribution in [-0.4, -0.2) is 0 Å². The summed E-state index contributed by atoms with van der Waals surface area (Å²) < 4.78 is 0. The molecule has 0 nitrogen and oxygen atoms in total. The largest absolute Gasteiger partial charge is 0.0821 e. The van der Waals surface area contributed by atoms with Gasteiger partial charge in [0.05, 0.1) is 4.83 Å². The van der Waals surface area contributed by atoms with E-state index in [1.807, 2.05) is 0 Å². The summed E-state index contributed by atoms with van der Waals surface area (Å²) in [5.41, 5.74) is 2.64. The monoisotopic (exact) mass is 207 g/mol. The Hall–Kier alpha value is -0.560. The molecular formula is C10H8Br. The van der Waals surface area contributed by atoms with Gasteiger partial charge in [-0.25, -0.2) is 0 Å². The molecule has 0 amide bonds. The van der Waals surface area contributed by atoms with E-state index in [9.17, 15) is 0 Å². The number of halogens is 1. The molecule has 0 heterocycles. The summed E-state index contributed by atoms with van der Waals surface area (Å²) in [5, 5.41) is 0. The lowest BCUT2D eigenvalue weighted by atomic mass is 9.98. The minimum Gasteiger partial charge on any atom is -0.0821 e. The van der Waals surface area contributed by atoms with Gasteiger partial charge < -0.3 is 0 Å². The zero-order valence-electron chi connectivity index (χ0n) is 6.05. The average molecular weight is 208 g/mol. The quantitative estimate of drug-likeness (QED) is 0.613. The fourth-order valence-corrected chi connectivity index (χ4v) is 1.84. The van der Waals surface area contributed by atoms with Crippen molar-refractivity contribution in [3.63, 3.8) is 0 Å². The highest BCUT2D eigenvalue weighted by Gasteiger charge is 2.12. The van der Waals surface area contributed by atoms with Crippen molar-refractivity contribution < 1.29 is 0 Å². The van der Waals surface area contributed by atoms with Crippen LogP contribution in [0.4, 0.5) is 0 Å². The SMILES string of the molecule is Br[C]1CC=Cc2ccccc21. The fraction of sp³-hybridized carbons (Fsp3) is 0.100. The molecule has 0 aromatic heterocycles. The lowest BCUT2D eigenvalue weighted by molar-refractivity contribution is 1.19. The van der Waals surface area contributed by atoms with E-state index >= 15 is 0 Å². The Morgan fingerprint density at radius 2 is 2.00 bits per heavy atom. The molecule has 0 fully saturated rings. The molecule has 1 heteroatoms. The van der Waals surface area contributed by atoms with Gasteiger partial charge in [0.25, 0.3) is 0 Å². The zero-order chi connectivity index (χ0) is 7.68. The second kappa shape index (κ2) is 2.82. The van der Waals surface area contributed by atoms with Crippen molar-refractivity contribution >= 4 is 22.0 Å². The Labute approximate surface area is 75.1 Å². The van der Waals surface area contributed by atoms with Crippen molar-refractivity contribution in [1.29, 1.82) is 0 Å². The van der Waals surface area contributed by atoms with Crippen LogP contribution < -0.4 is 0 Å². The molecule has 1 aliphatic carbocycles. The second-order valence-corrected chi connectivity index (χ2v) is 3.56. The smallest absolute Gasteiger partial charge is 0.0742 e. The zero-order valence-corrected chi connectivity index (χ0v) is 7.64. The summed E-state index contributed by atoms with van der Waals surface area (Å²) in [6.45, 7) is 0. The van der Waals surface area contributed by atoms with E-state index in [2.05, 4.69) is 52.3 Å². The van der Waals surface area contributed by atoms with Crippen molar-refractivity contribution in [1.82, 2.24) is 0 Å². The normalized spacial score (nSPS) is 16.5. The van der Waals surface area contributed by atoms with Crippen LogP contribution in [0.5, 0.6) is 0 Å². The maximum atomic E-state index is 3.55. The van der Waals surface area contributed by atoms with Gasteiger partial charge in [-0.05, 0) is 17.5 Å². The Balaban J connectivity index is 2.54. The van der Waals surface area contributed by atoms with Crippen LogP contribution in [0.15, 0.2) is 30.3 Å². The van der Waals surface area contributed by atoms with Crippen LogP contribution in [0, 0.1) is 4.83 Å². The van der Waals surface area contributed by atoms with Crippen molar-refractivity contribution in [2.75, 3.05) is 0 Å². The van der Waals surface area contributed by atoms with Gasteiger partial charge in [-0.1, -0.05) is 52.3 Å². The van der Waals surface area contributed by atoms with Crippen LogP contribution in [0.1, 0.15) is 17.5 Å². The first-order valence-corrected chi connectivity index (χ1v) is 4.44. The van der Waals surface area contributed by atoms with Crippen molar-refractivity contribution in [2.24, 2.45) is 0 Å². The standard InChI is InChI=1S/C10H8Br/c11-10-7-3-5-8-4-1-2-6-9(8)10/h1-6H,7H2. The van der Waals surface area contributed by atoms with Crippen LogP contribution in [0.25, 0.3) is 6.08 Å². The lowest BCUT2D eigenvalue weighted by Gasteiger charge is -2.14. The van der Waals surface area contributed by atoms with Crippen molar-refractivity contribution in [3.8, 4) is 0 Å². The molecule has 0 N–H and O–H groups in total. The molecule has 1 aliphatic rings. The molecule has 55 valence electrons. The van der Waals surface area contributed by atoms with Gasteiger partial charge in [0.2, 0.25) is 0 Å². The van der Waals surface area contributed by atoms with Crippen molar-refractivity contribution in [3.05, 3.63) is 46.3 Å². The van der Waals surface area contributed by atoms with E-state index in [0.717, 1.165) is 6.42 Å². The minimum atomic E-state index is 1.02. The van der Waals surface area contributed by atoms with Gasteiger partial charge >= 0.3 is 0 Å². The van der Waals surface area contributed by atoms with Crippen LogP contribution in [0.2, 0.25) is 0 Å². The lowest BCUT2D eigenvalue weighted by Crippen LogP contribution is -1.96. The Kier molecular flexibility index (Phi) is 1.82. The molecular weight excluding hydrogens is 200 g/mol. The Morgan fingerprint density at radius 3 is 2.82 bits per heavy atom. The predicted octanol–water partition coefficient (Wildman–Crippen LogP) is 3.38. The molecule has 0 bridgehead atoms. The van der Waals surface area contributed by atoms with Crippen LogP contribution in [0.3, 0.4) is 0 Å². The minimum absolute atomic E-state index is 1.02. The Bertz CT molecular complexity index is 289. The Morgan fingerprint density at radius 1 is 1.18 bits per heavy atom. The number of hydrogen-bond acceptors (Lipinski definition) is 0. The highest BCUT2D eigenvalue weighted by atomic mass is 79.9. The summed E-state index contributed by atoms with van der Waals surface area (Å²) in [5.74, 6) is 0. The molecule has 11 heavy (non-hydrogen) atoms. The molecule has 2 rings (SSSR count). The molecule has 1 radical (unpaired) electrons. The van der Waals surface area contributed by atoms with E-state index in [0.29, 0.717) is 0 Å². The van der Waals surface area contributed by atoms with E-state index in [-0.39, 0.29) is 0 Å². The number of benzene rings is 1. The first-order valence-electron chi connectivity index (χ1n) is 3.65. The van der Waals surface area contributed by atoms with Gasteiger partial charge in [0.15, 0.2) is 0 Å². The number of allylic oxidation sites excluding steroid dienone is 1. The topological polar surface area (TPSA) is 0 Å². The number of fused-ring (bicyclic) bond motifs is 1. The highest BCUT2D eigenvalue weighted by Crippen LogP contribution is 2.32. The summed E-state index contributed by atoms with van der Waals surface area (Å²) >= 11 is 3.55. The number of rotatable bonds is 0. The van der Waals surface area contributed by atoms with Gasteiger partial charge in [-0.2, -0.15) is 0 Å². The first kappa shape index (κ1) is 7.11. The number of hydrogen-bond donors (Lipinski definition) is 0. The molecule has 1 aromatic carbocycles. The van der Waals surface area contributed by atoms with Gasteiger partial charge in [0, 0.05) is 0 Å². The van der Waals surface area contributed by atoms with Gasteiger partial charge in [-0.3, -0.25) is 0 Å². The third-order valence-corrected chi connectivity index (χ3v) is 2.60. The van der Waals surface area contributed by atoms with Crippen molar-refractivity contribution in [2.45, 2.75) is 6.42 Å². The molecule has 0 spiro atoms. The van der Waals surface area contributed by atoms with E-state index < -0.39 is 0 Å². The van der Waals surface area contributed by atoms with Gasteiger partial charge in [0.1, 0.15) is 0 Å². The summed E-state index contributed by atoms with van der Waals surface area (Å²) in [4.78, 5) is 1.29. The van der Waals surface area contributed by atoms with E-state index in [1.165, 1.54) is 16.0 Å². The second-order valence-electron chi connectivity index (χ2n) is 2.60. The molecule has 0 unspecified atom stereocenters. The third kappa shape index (κ3) is 1.25. The molecule has 0 aliphatic heterocycles. The third-order valence-electron chi connectivity index (χ3n) is 1.85. The van der Waals surface area contributed by atoms with E-state index in [1.54, 1.807) is 0 Å². The maximum absolute atomic E-state index is 3.55. The summed E-state index contributed by atoms with van der Waals surface area (Å²) in [7, 11) is 0. The average Bonchev–Trinajstić information content (AvgIpc) is 2.06. The molecule has 0 atom stereocenters. The van der Waals surface area contributed by atoms with Gasteiger partial charge in [-0.15, -0.1) is 0 Å².